The highest BCUT2D eigenvalue weighted by Gasteiger charge is 2.47. The Balaban J connectivity index is 1.49. The Labute approximate surface area is 172 Å². The van der Waals surface area contributed by atoms with Crippen LogP contribution in [-0.4, -0.2) is 42.9 Å². The number of nitrogens with zero attached hydrogens (tertiary/aromatic N) is 1. The highest BCUT2D eigenvalue weighted by molar-refractivity contribution is 7.92. The van der Waals surface area contributed by atoms with E-state index in [1.165, 1.54) is 12.1 Å². The van der Waals surface area contributed by atoms with Crippen molar-refractivity contribution < 1.29 is 31.1 Å². The van der Waals surface area contributed by atoms with E-state index in [2.05, 4.69) is 4.74 Å². The summed E-state index contributed by atoms with van der Waals surface area (Å²) in [7, 11) is -3.49. The molecule has 2 aliphatic rings. The van der Waals surface area contributed by atoms with Crippen LogP contribution >= 0.6 is 0 Å². The Morgan fingerprint density at radius 2 is 1.50 bits per heavy atom. The molecule has 2 bridgehead atoms. The van der Waals surface area contributed by atoms with Gasteiger partial charge in [0.2, 0.25) is 0 Å². The van der Waals surface area contributed by atoms with Gasteiger partial charge in [-0.05, 0) is 62.1 Å². The van der Waals surface area contributed by atoms with Gasteiger partial charge in [0.1, 0.15) is 5.75 Å². The summed E-state index contributed by atoms with van der Waals surface area (Å²) in [5.74, 6) is -0.689. The number of hydrogen-bond donors (Lipinski definition) is 0. The van der Waals surface area contributed by atoms with Gasteiger partial charge in [0.05, 0.1) is 10.1 Å². The summed E-state index contributed by atoms with van der Waals surface area (Å²) in [6.45, 7) is 0. The summed E-state index contributed by atoms with van der Waals surface area (Å²) in [6, 6.07) is 12.7. The fourth-order valence-corrected chi connectivity index (χ4v) is 6.34. The number of halogens is 3. The van der Waals surface area contributed by atoms with Crippen LogP contribution in [0.3, 0.4) is 0 Å². The van der Waals surface area contributed by atoms with Crippen molar-refractivity contribution in [3.05, 3.63) is 60.2 Å². The monoisotopic (exact) mass is 439 g/mol. The van der Waals surface area contributed by atoms with Crippen LogP contribution in [0.2, 0.25) is 0 Å². The van der Waals surface area contributed by atoms with Gasteiger partial charge in [-0.2, -0.15) is 0 Å². The average Bonchev–Trinajstić information content (AvgIpc) is 2.96. The summed E-state index contributed by atoms with van der Waals surface area (Å²) in [5, 5.41) is -0.552. The van der Waals surface area contributed by atoms with Gasteiger partial charge in [0, 0.05) is 17.6 Å². The molecule has 5 nitrogen and oxygen atoms in total. The number of rotatable bonds is 4. The number of carbonyl (C=O) groups is 1. The van der Waals surface area contributed by atoms with Crippen LogP contribution in [0.5, 0.6) is 5.75 Å². The predicted molar refractivity (Wildman–Crippen MR) is 103 cm³/mol. The fourth-order valence-electron chi connectivity index (χ4n) is 4.46. The van der Waals surface area contributed by atoms with Gasteiger partial charge in [-0.15, -0.1) is 13.2 Å². The molecule has 9 heteroatoms. The number of ether oxygens (including phenoxy) is 1. The highest BCUT2D eigenvalue weighted by atomic mass is 32.2. The predicted octanol–water partition coefficient (Wildman–Crippen LogP) is 4.19. The van der Waals surface area contributed by atoms with Crippen molar-refractivity contribution >= 4 is 15.7 Å². The minimum absolute atomic E-state index is 0.203. The third kappa shape index (κ3) is 4.03. The minimum Gasteiger partial charge on any atom is -0.406 e. The topological polar surface area (TPSA) is 63.7 Å². The van der Waals surface area contributed by atoms with Crippen molar-refractivity contribution in [3.63, 3.8) is 0 Å². The molecular formula is C21H20F3NO4S. The molecule has 0 N–H and O–H groups in total. The maximum absolute atomic E-state index is 13.0. The summed E-state index contributed by atoms with van der Waals surface area (Å²) in [5.41, 5.74) is 0.255. The SMILES string of the molecule is O=C(c1ccc(OC(F)(F)F)cc1)N1[C@H]2CC[C@H]1CC(S(=O)(=O)c1ccccc1)C2. The molecule has 4 rings (SSSR count). The van der Waals surface area contributed by atoms with E-state index in [9.17, 15) is 26.4 Å². The largest absolute Gasteiger partial charge is 0.573 e. The first-order valence-electron chi connectivity index (χ1n) is 9.62. The Morgan fingerprint density at radius 1 is 0.933 bits per heavy atom. The zero-order valence-electron chi connectivity index (χ0n) is 15.9. The second-order valence-corrected chi connectivity index (χ2v) is 9.85. The van der Waals surface area contributed by atoms with Crippen LogP contribution in [0.1, 0.15) is 36.0 Å². The highest BCUT2D eigenvalue weighted by Crippen LogP contribution is 2.40. The van der Waals surface area contributed by atoms with E-state index in [-0.39, 0.29) is 28.4 Å². The summed E-state index contributed by atoms with van der Waals surface area (Å²) >= 11 is 0. The number of sulfone groups is 1. The van der Waals surface area contributed by atoms with E-state index in [0.717, 1.165) is 12.1 Å². The van der Waals surface area contributed by atoms with Gasteiger partial charge in [-0.1, -0.05) is 18.2 Å². The second-order valence-electron chi connectivity index (χ2n) is 7.62. The van der Waals surface area contributed by atoms with Crippen molar-refractivity contribution in [1.29, 1.82) is 0 Å². The van der Waals surface area contributed by atoms with E-state index in [1.807, 2.05) is 0 Å². The molecule has 0 unspecified atom stereocenters. The zero-order valence-corrected chi connectivity index (χ0v) is 16.7. The quantitative estimate of drug-likeness (QED) is 0.717. The summed E-state index contributed by atoms with van der Waals surface area (Å²) in [6.07, 6.45) is -2.65. The van der Waals surface area contributed by atoms with Gasteiger partial charge in [0.15, 0.2) is 9.84 Å². The maximum Gasteiger partial charge on any atom is 0.573 e. The number of fused-ring (bicyclic) bond motifs is 2. The fraction of sp³-hybridized carbons (Fsp3) is 0.381. The third-order valence-corrected chi connectivity index (χ3v) is 7.96. The Hall–Kier alpha value is -2.55. The zero-order chi connectivity index (χ0) is 21.5. The standard InChI is InChI=1S/C21H20F3NO4S/c22-21(23,24)29-17-10-6-14(7-11-17)20(26)25-15-8-9-16(25)13-19(12-15)30(27,28)18-4-2-1-3-5-18/h1-7,10-11,15-16,19H,8-9,12-13H2/t15-,16-/m0/s1. The summed E-state index contributed by atoms with van der Waals surface area (Å²) < 4.78 is 66.8. The Bertz CT molecular complexity index is 1010. The molecular weight excluding hydrogens is 419 g/mol. The van der Waals surface area contributed by atoms with Crippen LogP contribution in [-0.2, 0) is 9.84 Å². The van der Waals surface area contributed by atoms with Crippen LogP contribution in [0.15, 0.2) is 59.5 Å². The first kappa shape index (κ1) is 20.7. The van der Waals surface area contributed by atoms with E-state index in [0.29, 0.717) is 25.7 Å². The molecule has 2 aromatic carbocycles. The number of hydrogen-bond acceptors (Lipinski definition) is 4. The maximum atomic E-state index is 13.0. The molecule has 30 heavy (non-hydrogen) atoms. The molecule has 2 fully saturated rings. The van der Waals surface area contributed by atoms with Gasteiger partial charge >= 0.3 is 6.36 Å². The Morgan fingerprint density at radius 3 is 2.03 bits per heavy atom. The lowest BCUT2D eigenvalue weighted by Gasteiger charge is -2.38. The lowest BCUT2D eigenvalue weighted by atomic mass is 10.0. The minimum atomic E-state index is -4.79. The lowest BCUT2D eigenvalue weighted by molar-refractivity contribution is -0.274. The van der Waals surface area contributed by atoms with Crippen LogP contribution in [0.4, 0.5) is 13.2 Å². The Kier molecular flexibility index (Phi) is 5.25. The molecule has 2 aliphatic heterocycles. The summed E-state index contributed by atoms with van der Waals surface area (Å²) in [4.78, 5) is 15.0. The third-order valence-electron chi connectivity index (χ3n) is 5.77. The molecule has 1 amide bonds. The number of benzene rings is 2. The molecule has 0 saturated carbocycles. The van der Waals surface area contributed by atoms with E-state index >= 15 is 0 Å². The van der Waals surface area contributed by atoms with Crippen LogP contribution < -0.4 is 4.74 Å². The molecule has 0 spiro atoms. The molecule has 2 aromatic rings. The number of piperidine rings is 1. The van der Waals surface area contributed by atoms with Crippen molar-refractivity contribution in [2.24, 2.45) is 0 Å². The van der Waals surface area contributed by atoms with Gasteiger partial charge in [0.25, 0.3) is 5.91 Å². The van der Waals surface area contributed by atoms with Gasteiger partial charge < -0.3 is 9.64 Å². The van der Waals surface area contributed by atoms with Gasteiger partial charge in [-0.3, -0.25) is 4.79 Å². The first-order valence-corrected chi connectivity index (χ1v) is 11.2. The first-order chi connectivity index (χ1) is 14.1. The smallest absolute Gasteiger partial charge is 0.406 e. The molecule has 2 saturated heterocycles. The van der Waals surface area contributed by atoms with E-state index in [1.54, 1.807) is 35.2 Å². The number of carbonyl (C=O) groups excluding carboxylic acids is 1. The molecule has 0 aromatic heterocycles. The number of amides is 1. The van der Waals surface area contributed by atoms with E-state index in [4.69, 9.17) is 0 Å². The lowest BCUT2D eigenvalue weighted by Crippen LogP contribution is -2.49. The molecule has 0 aliphatic carbocycles. The van der Waals surface area contributed by atoms with Crippen molar-refractivity contribution in [3.8, 4) is 5.75 Å². The van der Waals surface area contributed by atoms with Crippen molar-refractivity contribution in [1.82, 2.24) is 4.90 Å². The van der Waals surface area contributed by atoms with Crippen LogP contribution in [0, 0.1) is 0 Å². The van der Waals surface area contributed by atoms with Crippen LogP contribution in [0.25, 0.3) is 0 Å². The average molecular weight is 439 g/mol. The van der Waals surface area contributed by atoms with Crippen molar-refractivity contribution in [2.75, 3.05) is 0 Å². The molecule has 2 atom stereocenters. The molecule has 0 radical (unpaired) electrons. The second kappa shape index (κ2) is 7.61. The molecule has 160 valence electrons. The van der Waals surface area contributed by atoms with Gasteiger partial charge in [-0.25, -0.2) is 8.42 Å². The number of alkyl halides is 3. The molecule has 2 heterocycles. The normalized spacial score (nSPS) is 24.0. The van der Waals surface area contributed by atoms with E-state index < -0.39 is 27.2 Å². The van der Waals surface area contributed by atoms with Crippen molar-refractivity contribution in [2.45, 2.75) is 54.3 Å².